The van der Waals surface area contributed by atoms with E-state index in [1.54, 1.807) is 36.5 Å². The van der Waals surface area contributed by atoms with Crippen LogP contribution >= 0.6 is 0 Å². The Morgan fingerprint density at radius 3 is 2.73 bits per heavy atom. The zero-order chi connectivity index (χ0) is 18.6. The fourth-order valence-electron chi connectivity index (χ4n) is 3.18. The molecule has 1 fully saturated rings. The number of nitrogens with one attached hydrogen (secondary N) is 1. The molecule has 1 aromatic heterocycles. The first kappa shape index (κ1) is 18.4. The molecule has 1 saturated heterocycles. The van der Waals surface area contributed by atoms with Crippen LogP contribution < -0.4 is 9.62 Å². The van der Waals surface area contributed by atoms with Crippen LogP contribution in [0.3, 0.4) is 0 Å². The van der Waals surface area contributed by atoms with Crippen molar-refractivity contribution in [3.8, 4) is 6.07 Å². The molecule has 0 aliphatic carbocycles. The molecule has 0 bridgehead atoms. The zero-order valence-electron chi connectivity index (χ0n) is 14.7. The molecule has 1 aliphatic rings. The molecule has 0 atom stereocenters. The quantitative estimate of drug-likeness (QED) is 0.874. The number of benzene rings is 1. The van der Waals surface area contributed by atoms with Gasteiger partial charge in [0.2, 0.25) is 10.0 Å². The molecule has 26 heavy (non-hydrogen) atoms. The van der Waals surface area contributed by atoms with E-state index in [4.69, 9.17) is 0 Å². The van der Waals surface area contributed by atoms with Gasteiger partial charge in [0.15, 0.2) is 0 Å². The van der Waals surface area contributed by atoms with Crippen LogP contribution in [0.2, 0.25) is 0 Å². The maximum Gasteiger partial charge on any atom is 0.240 e. The van der Waals surface area contributed by atoms with Crippen molar-refractivity contribution in [3.63, 3.8) is 0 Å². The first-order valence-corrected chi connectivity index (χ1v) is 10.1. The van der Waals surface area contributed by atoms with Crippen molar-refractivity contribution in [2.75, 3.05) is 24.5 Å². The van der Waals surface area contributed by atoms with E-state index in [-0.39, 0.29) is 5.92 Å². The van der Waals surface area contributed by atoms with Crippen molar-refractivity contribution in [2.45, 2.75) is 24.7 Å². The van der Waals surface area contributed by atoms with Gasteiger partial charge in [-0.2, -0.15) is 5.26 Å². The lowest BCUT2D eigenvalue weighted by atomic mass is 9.97. The lowest BCUT2D eigenvalue weighted by Crippen LogP contribution is -2.39. The molecule has 0 radical (unpaired) electrons. The second-order valence-corrected chi connectivity index (χ2v) is 8.35. The van der Waals surface area contributed by atoms with Gasteiger partial charge in [-0.05, 0) is 55.5 Å². The Balaban J connectivity index is 1.57. The van der Waals surface area contributed by atoms with E-state index in [1.807, 2.05) is 13.0 Å². The number of hydrogen-bond donors (Lipinski definition) is 1. The third-order valence-corrected chi connectivity index (χ3v) is 6.10. The minimum atomic E-state index is -3.48. The van der Waals surface area contributed by atoms with Crippen LogP contribution in [0.25, 0.3) is 0 Å². The minimum absolute atomic E-state index is 0.278. The summed E-state index contributed by atoms with van der Waals surface area (Å²) in [5, 5.41) is 9.21. The van der Waals surface area contributed by atoms with E-state index in [0.717, 1.165) is 31.5 Å². The van der Waals surface area contributed by atoms with Crippen LogP contribution in [-0.4, -0.2) is 33.0 Å². The number of anilines is 1. The topological polar surface area (TPSA) is 86.1 Å². The molecule has 0 unspecified atom stereocenters. The minimum Gasteiger partial charge on any atom is -0.356 e. The summed E-state index contributed by atoms with van der Waals surface area (Å²) in [7, 11) is -3.48. The molecule has 3 rings (SSSR count). The highest BCUT2D eigenvalue weighted by Crippen LogP contribution is 2.24. The lowest BCUT2D eigenvalue weighted by Gasteiger charge is -2.33. The van der Waals surface area contributed by atoms with E-state index in [0.29, 0.717) is 22.8 Å². The maximum atomic E-state index is 12.4. The Morgan fingerprint density at radius 2 is 2.04 bits per heavy atom. The fourth-order valence-corrected chi connectivity index (χ4v) is 4.40. The predicted molar refractivity (Wildman–Crippen MR) is 100 cm³/mol. The summed E-state index contributed by atoms with van der Waals surface area (Å²) in [6.45, 7) is 3.84. The number of aromatic nitrogens is 1. The highest BCUT2D eigenvalue weighted by atomic mass is 32.2. The highest BCUT2D eigenvalue weighted by molar-refractivity contribution is 7.89. The summed E-state index contributed by atoms with van der Waals surface area (Å²) >= 11 is 0. The number of nitriles is 1. The van der Waals surface area contributed by atoms with Gasteiger partial charge in [-0.25, -0.2) is 18.1 Å². The number of aryl methyl sites for hydroxylation is 1. The molecule has 1 aliphatic heterocycles. The van der Waals surface area contributed by atoms with Crippen LogP contribution in [0.15, 0.2) is 47.5 Å². The van der Waals surface area contributed by atoms with Gasteiger partial charge in [-0.15, -0.1) is 0 Å². The van der Waals surface area contributed by atoms with E-state index in [2.05, 4.69) is 20.7 Å². The van der Waals surface area contributed by atoms with Gasteiger partial charge in [0, 0.05) is 25.8 Å². The highest BCUT2D eigenvalue weighted by Gasteiger charge is 2.23. The van der Waals surface area contributed by atoms with Crippen LogP contribution in [0, 0.1) is 24.2 Å². The molecule has 2 aromatic rings. The van der Waals surface area contributed by atoms with Crippen LogP contribution in [0.5, 0.6) is 0 Å². The monoisotopic (exact) mass is 370 g/mol. The van der Waals surface area contributed by atoms with Gasteiger partial charge in [0.05, 0.1) is 10.5 Å². The largest absolute Gasteiger partial charge is 0.356 e. The van der Waals surface area contributed by atoms with E-state index >= 15 is 0 Å². The lowest BCUT2D eigenvalue weighted by molar-refractivity contribution is 0.400. The molecule has 2 heterocycles. The Morgan fingerprint density at radius 1 is 1.27 bits per heavy atom. The molecule has 0 saturated carbocycles. The molecule has 7 heteroatoms. The molecule has 0 amide bonds. The van der Waals surface area contributed by atoms with Crippen molar-refractivity contribution >= 4 is 15.8 Å². The van der Waals surface area contributed by atoms with Crippen LogP contribution in [0.1, 0.15) is 24.0 Å². The number of hydrogen-bond acceptors (Lipinski definition) is 5. The van der Waals surface area contributed by atoms with Gasteiger partial charge < -0.3 is 4.90 Å². The molecular formula is C19H22N4O2S. The number of nitrogens with zero attached hydrogens (tertiary/aromatic N) is 3. The first-order chi connectivity index (χ1) is 12.5. The smallest absolute Gasteiger partial charge is 0.240 e. The molecule has 0 spiro atoms. The van der Waals surface area contributed by atoms with Crippen molar-refractivity contribution in [1.82, 2.24) is 9.71 Å². The van der Waals surface area contributed by atoms with Crippen molar-refractivity contribution in [2.24, 2.45) is 5.92 Å². The van der Waals surface area contributed by atoms with Crippen LogP contribution in [0.4, 0.5) is 5.82 Å². The fraction of sp³-hybridized carbons (Fsp3) is 0.368. The number of piperidine rings is 1. The second kappa shape index (κ2) is 7.85. The Bertz CT molecular complexity index is 913. The Labute approximate surface area is 154 Å². The number of rotatable bonds is 5. The molecule has 1 N–H and O–H groups in total. The van der Waals surface area contributed by atoms with Gasteiger partial charge in [0.25, 0.3) is 0 Å². The maximum absolute atomic E-state index is 12.4. The molecule has 1 aromatic carbocycles. The molecular weight excluding hydrogens is 348 g/mol. The van der Waals surface area contributed by atoms with Crippen LogP contribution in [-0.2, 0) is 10.0 Å². The Kier molecular flexibility index (Phi) is 5.55. The summed E-state index contributed by atoms with van der Waals surface area (Å²) in [5.74, 6) is 0.994. The SMILES string of the molecule is Cc1cccc(S(=O)(=O)NCC2CCN(c3ncccc3C#N)CC2)c1. The first-order valence-electron chi connectivity index (χ1n) is 8.66. The third kappa shape index (κ3) is 4.21. The number of pyridine rings is 1. The molecule has 6 nitrogen and oxygen atoms in total. The van der Waals surface area contributed by atoms with Gasteiger partial charge >= 0.3 is 0 Å². The van der Waals surface area contributed by atoms with Crippen molar-refractivity contribution < 1.29 is 8.42 Å². The summed E-state index contributed by atoms with van der Waals surface area (Å²) < 4.78 is 27.6. The molecule has 136 valence electrons. The second-order valence-electron chi connectivity index (χ2n) is 6.59. The average Bonchev–Trinajstić information content (AvgIpc) is 2.67. The third-order valence-electron chi connectivity index (χ3n) is 4.68. The average molecular weight is 370 g/mol. The summed E-state index contributed by atoms with van der Waals surface area (Å²) in [6, 6.07) is 12.6. The Hall–Kier alpha value is -2.43. The summed E-state index contributed by atoms with van der Waals surface area (Å²) in [4.78, 5) is 6.73. The van der Waals surface area contributed by atoms with E-state index in [9.17, 15) is 13.7 Å². The van der Waals surface area contributed by atoms with Crippen molar-refractivity contribution in [1.29, 1.82) is 5.26 Å². The summed E-state index contributed by atoms with van der Waals surface area (Å²) in [6.07, 6.45) is 3.41. The van der Waals surface area contributed by atoms with Gasteiger partial charge in [-0.3, -0.25) is 0 Å². The normalized spacial score (nSPS) is 15.6. The number of sulfonamides is 1. The van der Waals surface area contributed by atoms with E-state index in [1.165, 1.54) is 0 Å². The summed E-state index contributed by atoms with van der Waals surface area (Å²) in [5.41, 5.74) is 1.50. The standard InChI is InChI=1S/C19H22N4O2S/c1-15-4-2-6-18(12-15)26(24,25)22-14-16-7-10-23(11-8-16)19-17(13-20)5-3-9-21-19/h2-6,9,12,16,22H,7-8,10-11,14H2,1H3. The van der Waals surface area contributed by atoms with Gasteiger partial charge in [-0.1, -0.05) is 12.1 Å². The predicted octanol–water partition coefficient (Wildman–Crippen LogP) is 2.46. The van der Waals surface area contributed by atoms with E-state index < -0.39 is 10.0 Å². The zero-order valence-corrected chi connectivity index (χ0v) is 15.5. The van der Waals surface area contributed by atoms with Gasteiger partial charge in [0.1, 0.15) is 11.9 Å². The van der Waals surface area contributed by atoms with Crippen molar-refractivity contribution in [3.05, 3.63) is 53.7 Å².